The molecule has 1 heterocycles. The minimum absolute atomic E-state index is 0.0111. The summed E-state index contributed by atoms with van der Waals surface area (Å²) in [7, 11) is -4.14. The van der Waals surface area contributed by atoms with Crippen LogP contribution in [0.3, 0.4) is 0 Å². The second kappa shape index (κ2) is 5.07. The lowest BCUT2D eigenvalue weighted by Gasteiger charge is -2.11. The Morgan fingerprint density at radius 3 is 2.39 bits per heavy atom. The SMILES string of the molecule is Cc1cc2c(c(C)c1C)c(=O)oc1cc(OS(N)(=O)=O)ccc12. The number of benzene rings is 2. The lowest BCUT2D eigenvalue weighted by molar-refractivity contribution is 0.487. The largest absolute Gasteiger partial charge is 0.422 e. The van der Waals surface area contributed by atoms with Crippen LogP contribution in [0.5, 0.6) is 5.75 Å². The van der Waals surface area contributed by atoms with Gasteiger partial charge in [-0.15, -0.1) is 0 Å². The Balaban J connectivity index is 2.39. The van der Waals surface area contributed by atoms with Crippen molar-refractivity contribution in [3.63, 3.8) is 0 Å². The molecular formula is C16H15NO5S. The number of hydrogen-bond donors (Lipinski definition) is 1. The van der Waals surface area contributed by atoms with Gasteiger partial charge in [0.2, 0.25) is 0 Å². The summed E-state index contributed by atoms with van der Waals surface area (Å²) in [6, 6.07) is 6.38. The van der Waals surface area contributed by atoms with Gasteiger partial charge in [0, 0.05) is 16.8 Å². The van der Waals surface area contributed by atoms with E-state index < -0.39 is 15.9 Å². The summed E-state index contributed by atoms with van der Waals surface area (Å²) in [6.07, 6.45) is 0. The number of aryl methyl sites for hydroxylation is 2. The highest BCUT2D eigenvalue weighted by Crippen LogP contribution is 2.30. The van der Waals surface area contributed by atoms with Crippen molar-refractivity contribution in [2.75, 3.05) is 0 Å². The Labute approximate surface area is 132 Å². The molecule has 0 amide bonds. The molecule has 120 valence electrons. The second-order valence-corrected chi connectivity index (χ2v) is 6.64. The van der Waals surface area contributed by atoms with Gasteiger partial charge in [-0.1, -0.05) is 6.07 Å². The van der Waals surface area contributed by atoms with E-state index in [0.717, 1.165) is 22.1 Å². The van der Waals surface area contributed by atoms with Crippen molar-refractivity contribution in [1.29, 1.82) is 0 Å². The monoisotopic (exact) mass is 333 g/mol. The molecule has 3 aromatic rings. The van der Waals surface area contributed by atoms with Crippen LogP contribution in [0.4, 0.5) is 0 Å². The summed E-state index contributed by atoms with van der Waals surface area (Å²) in [5, 5.41) is 6.84. The lowest BCUT2D eigenvalue weighted by Crippen LogP contribution is -2.18. The fourth-order valence-electron chi connectivity index (χ4n) is 2.70. The number of rotatable bonds is 2. The van der Waals surface area contributed by atoms with Gasteiger partial charge >= 0.3 is 15.9 Å². The molecule has 2 aromatic carbocycles. The topological polar surface area (TPSA) is 99.6 Å². The normalized spacial score (nSPS) is 12.0. The Bertz CT molecular complexity index is 1110. The molecule has 0 spiro atoms. The average molecular weight is 333 g/mol. The summed E-state index contributed by atoms with van der Waals surface area (Å²) in [5.74, 6) is -0.0111. The quantitative estimate of drug-likeness (QED) is 0.573. The molecule has 0 saturated heterocycles. The lowest BCUT2D eigenvalue weighted by atomic mass is 9.96. The van der Waals surface area contributed by atoms with E-state index in [1.807, 2.05) is 26.8 Å². The van der Waals surface area contributed by atoms with Crippen LogP contribution >= 0.6 is 0 Å². The first-order valence-corrected chi connectivity index (χ1v) is 8.34. The minimum atomic E-state index is -4.14. The first-order valence-electron chi connectivity index (χ1n) is 6.87. The fourth-order valence-corrected chi connectivity index (χ4v) is 3.08. The van der Waals surface area contributed by atoms with Crippen LogP contribution in [0.25, 0.3) is 21.7 Å². The third kappa shape index (κ3) is 2.69. The first kappa shape index (κ1) is 15.5. The van der Waals surface area contributed by atoms with Crippen LogP contribution in [-0.4, -0.2) is 8.42 Å². The number of hydrogen-bond acceptors (Lipinski definition) is 5. The molecule has 1 aromatic heterocycles. The fraction of sp³-hybridized carbons (Fsp3) is 0.188. The molecule has 0 unspecified atom stereocenters. The third-order valence-electron chi connectivity index (χ3n) is 4.02. The van der Waals surface area contributed by atoms with Crippen LogP contribution in [0.1, 0.15) is 16.7 Å². The molecule has 0 aliphatic carbocycles. The van der Waals surface area contributed by atoms with Crippen molar-refractivity contribution < 1.29 is 17.0 Å². The van der Waals surface area contributed by atoms with Gasteiger partial charge < -0.3 is 8.60 Å². The second-order valence-electron chi connectivity index (χ2n) is 5.49. The van der Waals surface area contributed by atoms with E-state index in [1.165, 1.54) is 12.1 Å². The van der Waals surface area contributed by atoms with E-state index in [4.69, 9.17) is 9.56 Å². The van der Waals surface area contributed by atoms with Gasteiger partial charge in [0.25, 0.3) is 0 Å². The summed E-state index contributed by atoms with van der Waals surface area (Å²) in [4.78, 5) is 12.3. The van der Waals surface area contributed by atoms with Gasteiger partial charge in [-0.05, 0) is 49.6 Å². The molecule has 7 heteroatoms. The van der Waals surface area contributed by atoms with Gasteiger partial charge in [0.05, 0.1) is 5.39 Å². The van der Waals surface area contributed by atoms with Gasteiger partial charge in [-0.25, -0.2) is 4.79 Å². The van der Waals surface area contributed by atoms with Crippen molar-refractivity contribution in [3.8, 4) is 5.75 Å². The molecular weight excluding hydrogens is 318 g/mol. The predicted octanol–water partition coefficient (Wildman–Crippen LogP) is 2.45. The third-order valence-corrected chi connectivity index (χ3v) is 4.45. The Morgan fingerprint density at radius 2 is 1.74 bits per heavy atom. The van der Waals surface area contributed by atoms with Crippen molar-refractivity contribution in [2.24, 2.45) is 5.14 Å². The Morgan fingerprint density at radius 1 is 1.04 bits per heavy atom. The van der Waals surface area contributed by atoms with Crippen molar-refractivity contribution in [2.45, 2.75) is 20.8 Å². The highest BCUT2D eigenvalue weighted by Gasteiger charge is 2.14. The standard InChI is InChI=1S/C16H15NO5S/c1-8-6-13-12-5-4-11(22-23(17,19)20)7-14(12)21-16(18)15(13)10(3)9(8)2/h4-7H,1-3H3,(H2,17,19,20). The molecule has 0 bridgehead atoms. The smallest absolute Gasteiger partial charge is 0.380 e. The van der Waals surface area contributed by atoms with Crippen LogP contribution < -0.4 is 14.9 Å². The van der Waals surface area contributed by atoms with Crippen molar-refractivity contribution in [3.05, 3.63) is 51.4 Å². The summed E-state index contributed by atoms with van der Waals surface area (Å²) in [5.41, 5.74) is 2.75. The predicted molar refractivity (Wildman–Crippen MR) is 87.9 cm³/mol. The highest BCUT2D eigenvalue weighted by atomic mass is 32.2. The van der Waals surface area contributed by atoms with Gasteiger partial charge in [-0.3, -0.25) is 0 Å². The zero-order chi connectivity index (χ0) is 16.9. The van der Waals surface area contributed by atoms with Crippen LogP contribution in [0.15, 0.2) is 33.5 Å². The van der Waals surface area contributed by atoms with Gasteiger partial charge in [0.15, 0.2) is 0 Å². The van der Waals surface area contributed by atoms with E-state index in [2.05, 4.69) is 4.18 Å². The van der Waals surface area contributed by atoms with E-state index in [1.54, 1.807) is 6.07 Å². The summed E-state index contributed by atoms with van der Waals surface area (Å²) < 4.78 is 32.0. The molecule has 0 aliphatic rings. The van der Waals surface area contributed by atoms with Gasteiger partial charge in [0.1, 0.15) is 11.3 Å². The zero-order valence-corrected chi connectivity index (χ0v) is 13.7. The molecule has 3 rings (SSSR count). The van der Waals surface area contributed by atoms with E-state index in [0.29, 0.717) is 10.8 Å². The highest BCUT2D eigenvalue weighted by molar-refractivity contribution is 7.84. The van der Waals surface area contributed by atoms with E-state index >= 15 is 0 Å². The molecule has 0 atom stereocenters. The van der Waals surface area contributed by atoms with E-state index in [-0.39, 0.29) is 11.3 Å². The minimum Gasteiger partial charge on any atom is -0.422 e. The molecule has 23 heavy (non-hydrogen) atoms. The first-order chi connectivity index (χ1) is 10.7. The maximum absolute atomic E-state index is 12.3. The molecule has 0 radical (unpaired) electrons. The van der Waals surface area contributed by atoms with Crippen LogP contribution in [0.2, 0.25) is 0 Å². The molecule has 0 aliphatic heterocycles. The van der Waals surface area contributed by atoms with Crippen LogP contribution in [0, 0.1) is 20.8 Å². The maximum atomic E-state index is 12.3. The molecule has 0 fully saturated rings. The van der Waals surface area contributed by atoms with E-state index in [9.17, 15) is 13.2 Å². The average Bonchev–Trinajstić information content (AvgIpc) is 2.42. The van der Waals surface area contributed by atoms with Crippen molar-refractivity contribution >= 4 is 32.0 Å². The van der Waals surface area contributed by atoms with Gasteiger partial charge in [-0.2, -0.15) is 13.6 Å². The Kier molecular flexibility index (Phi) is 3.42. The molecule has 2 N–H and O–H groups in total. The number of nitrogens with two attached hydrogens (primary N) is 1. The molecule has 0 saturated carbocycles. The van der Waals surface area contributed by atoms with Crippen molar-refractivity contribution in [1.82, 2.24) is 0 Å². The number of fused-ring (bicyclic) bond motifs is 3. The molecule has 6 nitrogen and oxygen atoms in total. The van der Waals surface area contributed by atoms with Crippen LogP contribution in [-0.2, 0) is 10.3 Å². The summed E-state index contributed by atoms with van der Waals surface area (Å²) in [6.45, 7) is 5.81. The maximum Gasteiger partial charge on any atom is 0.380 e. The zero-order valence-electron chi connectivity index (χ0n) is 12.8. The Hall–Kier alpha value is -2.38. The summed E-state index contributed by atoms with van der Waals surface area (Å²) >= 11 is 0.